The lowest BCUT2D eigenvalue weighted by Gasteiger charge is -2.02. The zero-order valence-electron chi connectivity index (χ0n) is 13.9. The summed E-state index contributed by atoms with van der Waals surface area (Å²) in [6.07, 6.45) is 21.0. The lowest BCUT2D eigenvalue weighted by Crippen LogP contribution is -1.92. The fourth-order valence-electron chi connectivity index (χ4n) is 2.55. The normalized spacial score (nSPS) is 11.1. The molecule has 0 amide bonds. The molecule has 0 fully saturated rings. The van der Waals surface area contributed by atoms with Crippen LogP contribution in [0, 0.1) is 0 Å². The van der Waals surface area contributed by atoms with Gasteiger partial charge in [0.2, 0.25) is 0 Å². The zero-order chi connectivity index (χ0) is 15.6. The van der Waals surface area contributed by atoms with Crippen molar-refractivity contribution in [2.75, 3.05) is 0 Å². The third-order valence-electron chi connectivity index (χ3n) is 3.89. The van der Waals surface area contributed by atoms with Crippen LogP contribution in [0.5, 0.6) is 0 Å². The Hall–Kier alpha value is -0.920. The van der Waals surface area contributed by atoms with E-state index in [-0.39, 0.29) is 5.78 Å². The monoisotopic (exact) mass is 294 g/mol. The molecular weight excluding hydrogens is 260 g/mol. The van der Waals surface area contributed by atoms with Gasteiger partial charge < -0.3 is 0 Å². The van der Waals surface area contributed by atoms with Gasteiger partial charge >= 0.3 is 0 Å². The van der Waals surface area contributed by atoms with Gasteiger partial charge in [-0.15, -0.1) is 0 Å². The highest BCUT2D eigenvalue weighted by Crippen LogP contribution is 2.12. The molecule has 0 radical (unpaired) electrons. The molecule has 0 heterocycles. The van der Waals surface area contributed by atoms with Crippen LogP contribution >= 0.6 is 0 Å². The Morgan fingerprint density at radius 2 is 1.14 bits per heavy atom. The number of carbonyl (C=O) groups is 2. The Balaban J connectivity index is 3.10. The first kappa shape index (κ1) is 20.1. The molecule has 2 nitrogen and oxygen atoms in total. The van der Waals surface area contributed by atoms with Crippen LogP contribution in [0.25, 0.3) is 0 Å². The summed E-state index contributed by atoms with van der Waals surface area (Å²) in [4.78, 5) is 21.3. The molecule has 0 N–H and O–H groups in total. The predicted octanol–water partition coefficient (Wildman–Crippen LogP) is 5.79. The largest absolute Gasteiger partial charge is 0.299 e. The third kappa shape index (κ3) is 17.0. The van der Waals surface area contributed by atoms with Crippen LogP contribution in [0.4, 0.5) is 0 Å². The van der Waals surface area contributed by atoms with Crippen molar-refractivity contribution in [3.63, 3.8) is 0 Å². The summed E-state index contributed by atoms with van der Waals surface area (Å²) >= 11 is 0. The molecule has 0 spiro atoms. The molecule has 21 heavy (non-hydrogen) atoms. The third-order valence-corrected chi connectivity index (χ3v) is 3.89. The summed E-state index contributed by atoms with van der Waals surface area (Å²) in [6.45, 7) is 2.26. The molecule has 2 heteroatoms. The first-order valence-corrected chi connectivity index (χ1v) is 8.96. The highest BCUT2D eigenvalue weighted by Gasteiger charge is 1.97. The molecule has 0 aromatic heterocycles. The fraction of sp³-hybridized carbons (Fsp3) is 0.789. The van der Waals surface area contributed by atoms with Crippen molar-refractivity contribution in [3.8, 4) is 0 Å². The number of hydrogen-bond donors (Lipinski definition) is 0. The number of aldehydes is 1. The van der Waals surface area contributed by atoms with E-state index >= 15 is 0 Å². The van der Waals surface area contributed by atoms with Crippen LogP contribution in [-0.4, -0.2) is 12.1 Å². The second kappa shape index (κ2) is 17.1. The first-order valence-electron chi connectivity index (χ1n) is 8.96. The van der Waals surface area contributed by atoms with Crippen LogP contribution < -0.4 is 0 Å². The van der Waals surface area contributed by atoms with E-state index in [2.05, 4.69) is 6.92 Å². The minimum atomic E-state index is 0.0742. The van der Waals surface area contributed by atoms with Crippen molar-refractivity contribution >= 4 is 12.1 Å². The van der Waals surface area contributed by atoms with E-state index in [1.54, 1.807) is 0 Å². The number of unbranched alkanes of at least 4 members (excludes halogenated alkanes) is 12. The maximum absolute atomic E-state index is 11.3. The minimum absolute atomic E-state index is 0.0742. The Kier molecular flexibility index (Phi) is 16.4. The van der Waals surface area contributed by atoms with Crippen molar-refractivity contribution < 1.29 is 9.59 Å². The second-order valence-corrected chi connectivity index (χ2v) is 5.95. The second-order valence-electron chi connectivity index (χ2n) is 5.95. The predicted molar refractivity (Wildman–Crippen MR) is 90.5 cm³/mol. The smallest absolute Gasteiger partial charge is 0.155 e. The summed E-state index contributed by atoms with van der Waals surface area (Å²) in [5.41, 5.74) is 0. The number of rotatable bonds is 16. The maximum Gasteiger partial charge on any atom is 0.155 e. The minimum Gasteiger partial charge on any atom is -0.299 e. The van der Waals surface area contributed by atoms with Gasteiger partial charge in [0.25, 0.3) is 0 Å². The quantitative estimate of drug-likeness (QED) is 0.205. The molecule has 0 aliphatic rings. The van der Waals surface area contributed by atoms with Gasteiger partial charge in [0.15, 0.2) is 5.78 Å². The topological polar surface area (TPSA) is 34.1 Å². The number of allylic oxidation sites excluding steroid dienone is 2. The summed E-state index contributed by atoms with van der Waals surface area (Å²) < 4.78 is 0. The summed E-state index contributed by atoms with van der Waals surface area (Å²) in [5, 5.41) is 0. The molecule has 0 bridgehead atoms. The molecule has 122 valence electrons. The lowest BCUT2D eigenvalue weighted by molar-refractivity contribution is -0.115. The summed E-state index contributed by atoms with van der Waals surface area (Å²) in [5.74, 6) is 0.0742. The molecule has 0 saturated heterocycles. The number of hydrogen-bond acceptors (Lipinski definition) is 2. The Labute approximate surface area is 131 Å². The molecule has 0 aliphatic heterocycles. The number of carbonyl (C=O) groups excluding carboxylic acids is 2. The summed E-state index contributed by atoms with van der Waals surface area (Å²) in [7, 11) is 0. The molecule has 0 atom stereocenters. The standard InChI is InChI=1S/C19H34O2/c1-2-3-4-5-6-7-8-9-10-11-12-13-14-16-19(21)17-15-18-20/h15,17-18H,2-14,16H2,1H3/b17-15+. The zero-order valence-corrected chi connectivity index (χ0v) is 13.9. The summed E-state index contributed by atoms with van der Waals surface area (Å²) in [6, 6.07) is 0. The van der Waals surface area contributed by atoms with Gasteiger partial charge in [0.1, 0.15) is 6.29 Å². The Bertz CT molecular complexity index is 269. The molecular formula is C19H34O2. The first-order chi connectivity index (χ1) is 10.3. The van der Waals surface area contributed by atoms with Gasteiger partial charge in [-0.3, -0.25) is 9.59 Å². The van der Waals surface area contributed by atoms with Crippen molar-refractivity contribution in [2.24, 2.45) is 0 Å². The van der Waals surface area contributed by atoms with E-state index in [4.69, 9.17) is 0 Å². The number of ketones is 1. The van der Waals surface area contributed by atoms with Gasteiger partial charge in [-0.2, -0.15) is 0 Å². The van der Waals surface area contributed by atoms with E-state index in [0.29, 0.717) is 12.7 Å². The molecule has 0 rings (SSSR count). The van der Waals surface area contributed by atoms with Gasteiger partial charge in [-0.05, 0) is 18.6 Å². The molecule has 0 aromatic rings. The van der Waals surface area contributed by atoms with Crippen molar-refractivity contribution in [3.05, 3.63) is 12.2 Å². The maximum atomic E-state index is 11.3. The van der Waals surface area contributed by atoms with Crippen LogP contribution in [0.2, 0.25) is 0 Å². The van der Waals surface area contributed by atoms with Crippen LogP contribution in [-0.2, 0) is 9.59 Å². The van der Waals surface area contributed by atoms with E-state index < -0.39 is 0 Å². The van der Waals surface area contributed by atoms with E-state index in [1.807, 2.05) is 0 Å². The highest BCUT2D eigenvalue weighted by molar-refractivity contribution is 5.92. The average Bonchev–Trinajstić information content (AvgIpc) is 2.49. The van der Waals surface area contributed by atoms with Gasteiger partial charge in [0.05, 0.1) is 0 Å². The molecule has 0 unspecified atom stereocenters. The Morgan fingerprint density at radius 3 is 1.57 bits per heavy atom. The SMILES string of the molecule is CCCCCCCCCCCCCCCC(=O)/C=C/C=O. The van der Waals surface area contributed by atoms with E-state index in [9.17, 15) is 9.59 Å². The lowest BCUT2D eigenvalue weighted by atomic mass is 10.0. The van der Waals surface area contributed by atoms with Crippen LogP contribution in [0.3, 0.4) is 0 Å². The van der Waals surface area contributed by atoms with Crippen molar-refractivity contribution in [1.29, 1.82) is 0 Å². The fourth-order valence-corrected chi connectivity index (χ4v) is 2.55. The molecule has 0 saturated carbocycles. The highest BCUT2D eigenvalue weighted by atomic mass is 16.1. The average molecular weight is 294 g/mol. The van der Waals surface area contributed by atoms with Crippen molar-refractivity contribution in [2.45, 2.75) is 96.8 Å². The molecule has 0 aliphatic carbocycles. The van der Waals surface area contributed by atoms with Crippen LogP contribution in [0.1, 0.15) is 96.8 Å². The molecule has 0 aromatic carbocycles. The van der Waals surface area contributed by atoms with E-state index in [1.165, 1.54) is 82.8 Å². The van der Waals surface area contributed by atoms with E-state index in [0.717, 1.165) is 12.8 Å². The van der Waals surface area contributed by atoms with Gasteiger partial charge in [-0.25, -0.2) is 0 Å². The van der Waals surface area contributed by atoms with Gasteiger partial charge in [-0.1, -0.05) is 84.0 Å². The van der Waals surface area contributed by atoms with Gasteiger partial charge in [0, 0.05) is 6.42 Å². The van der Waals surface area contributed by atoms with Crippen LogP contribution in [0.15, 0.2) is 12.2 Å². The van der Waals surface area contributed by atoms with Crippen molar-refractivity contribution in [1.82, 2.24) is 0 Å². The Morgan fingerprint density at radius 1 is 0.714 bits per heavy atom.